The summed E-state index contributed by atoms with van der Waals surface area (Å²) < 4.78 is 3.00. The third-order valence-corrected chi connectivity index (χ3v) is 4.90. The summed E-state index contributed by atoms with van der Waals surface area (Å²) in [6, 6.07) is 11.0. The summed E-state index contributed by atoms with van der Waals surface area (Å²) >= 11 is 7.33. The predicted octanol–water partition coefficient (Wildman–Crippen LogP) is 4.99. The SMILES string of the molecule is Cc1ccc2[nH]c(=S)n(C(C)c3ccc(C)s3)c2c1. The fraction of sp³-hybridized carbons (Fsp3) is 0.267. The van der Waals surface area contributed by atoms with E-state index in [4.69, 9.17) is 12.2 Å². The largest absolute Gasteiger partial charge is 0.331 e. The van der Waals surface area contributed by atoms with Gasteiger partial charge in [0.15, 0.2) is 4.77 Å². The molecule has 0 aliphatic rings. The molecule has 2 aromatic heterocycles. The molecule has 1 atom stereocenters. The maximum absolute atomic E-state index is 5.49. The van der Waals surface area contributed by atoms with Crippen LogP contribution in [0, 0.1) is 18.6 Å². The fourth-order valence-corrected chi connectivity index (χ4v) is 3.71. The third kappa shape index (κ3) is 2.15. The van der Waals surface area contributed by atoms with Crippen molar-refractivity contribution in [1.29, 1.82) is 0 Å². The molecule has 0 radical (unpaired) electrons. The first-order chi connectivity index (χ1) is 9.06. The zero-order chi connectivity index (χ0) is 13.6. The van der Waals surface area contributed by atoms with E-state index in [1.165, 1.54) is 20.8 Å². The second-order valence-electron chi connectivity index (χ2n) is 4.95. The van der Waals surface area contributed by atoms with Gasteiger partial charge in [0.25, 0.3) is 0 Å². The van der Waals surface area contributed by atoms with Crippen LogP contribution in [-0.4, -0.2) is 9.55 Å². The molecular formula is C15H16N2S2. The molecule has 0 spiro atoms. The lowest BCUT2D eigenvalue weighted by atomic mass is 10.2. The molecule has 0 aliphatic carbocycles. The van der Waals surface area contributed by atoms with E-state index in [1.54, 1.807) is 0 Å². The number of aryl methyl sites for hydroxylation is 2. The molecular weight excluding hydrogens is 272 g/mol. The number of H-pyrrole nitrogens is 1. The Bertz CT molecular complexity index is 792. The second kappa shape index (κ2) is 4.62. The van der Waals surface area contributed by atoms with Gasteiger partial charge in [-0.3, -0.25) is 0 Å². The molecule has 2 heterocycles. The average Bonchev–Trinajstić information content (AvgIpc) is 2.91. The van der Waals surface area contributed by atoms with E-state index in [2.05, 4.69) is 60.7 Å². The summed E-state index contributed by atoms with van der Waals surface area (Å²) in [6.45, 7) is 6.45. The molecule has 0 bridgehead atoms. The van der Waals surface area contributed by atoms with Crippen molar-refractivity contribution >= 4 is 34.6 Å². The van der Waals surface area contributed by atoms with Gasteiger partial charge in [-0.25, -0.2) is 0 Å². The van der Waals surface area contributed by atoms with Crippen molar-refractivity contribution in [1.82, 2.24) is 9.55 Å². The van der Waals surface area contributed by atoms with Gasteiger partial charge in [0.05, 0.1) is 17.1 Å². The van der Waals surface area contributed by atoms with Gasteiger partial charge in [-0.2, -0.15) is 0 Å². The fourth-order valence-electron chi connectivity index (χ4n) is 2.42. The van der Waals surface area contributed by atoms with E-state index in [0.29, 0.717) is 0 Å². The number of aromatic amines is 1. The van der Waals surface area contributed by atoms with Crippen LogP contribution in [0.25, 0.3) is 11.0 Å². The lowest BCUT2D eigenvalue weighted by Gasteiger charge is -2.13. The molecule has 1 unspecified atom stereocenters. The lowest BCUT2D eigenvalue weighted by Crippen LogP contribution is -2.05. The van der Waals surface area contributed by atoms with E-state index in [1.807, 2.05) is 11.3 Å². The molecule has 1 aromatic carbocycles. The summed E-state index contributed by atoms with van der Waals surface area (Å²) in [5, 5.41) is 0. The van der Waals surface area contributed by atoms with Gasteiger partial charge in [0.2, 0.25) is 0 Å². The molecule has 3 aromatic rings. The first-order valence-electron chi connectivity index (χ1n) is 6.33. The highest BCUT2D eigenvalue weighted by Gasteiger charge is 2.14. The summed E-state index contributed by atoms with van der Waals surface area (Å²) in [5.41, 5.74) is 3.55. The standard InChI is InChI=1S/C15H16N2S2/c1-9-4-6-12-13(8-9)17(15(18)16-12)11(3)14-7-5-10(2)19-14/h4-8,11H,1-3H3,(H,16,18). The Balaban J connectivity index is 2.21. The van der Waals surface area contributed by atoms with Crippen molar-refractivity contribution in [3.63, 3.8) is 0 Å². The number of nitrogens with zero attached hydrogens (tertiary/aromatic N) is 1. The average molecular weight is 288 g/mol. The number of hydrogen-bond donors (Lipinski definition) is 1. The van der Waals surface area contributed by atoms with Gasteiger partial charge in [0.1, 0.15) is 0 Å². The monoisotopic (exact) mass is 288 g/mol. The van der Waals surface area contributed by atoms with E-state index in [0.717, 1.165) is 10.3 Å². The maximum atomic E-state index is 5.49. The molecule has 2 nitrogen and oxygen atoms in total. The summed E-state index contributed by atoms with van der Waals surface area (Å²) in [5.74, 6) is 0. The molecule has 98 valence electrons. The van der Waals surface area contributed by atoms with Gasteiger partial charge in [-0.05, 0) is 62.8 Å². The van der Waals surface area contributed by atoms with Crippen LogP contribution in [0.5, 0.6) is 0 Å². The van der Waals surface area contributed by atoms with Crippen LogP contribution in [0.15, 0.2) is 30.3 Å². The number of rotatable bonds is 2. The van der Waals surface area contributed by atoms with Crippen LogP contribution in [0.3, 0.4) is 0 Å². The van der Waals surface area contributed by atoms with Crippen LogP contribution in [0.2, 0.25) is 0 Å². The molecule has 0 aliphatic heterocycles. The first kappa shape index (κ1) is 12.6. The number of nitrogens with one attached hydrogen (secondary N) is 1. The van der Waals surface area contributed by atoms with Gasteiger partial charge >= 0.3 is 0 Å². The van der Waals surface area contributed by atoms with Crippen molar-refractivity contribution in [2.45, 2.75) is 26.8 Å². The molecule has 4 heteroatoms. The van der Waals surface area contributed by atoms with Crippen LogP contribution in [-0.2, 0) is 0 Å². The van der Waals surface area contributed by atoms with E-state index < -0.39 is 0 Å². The van der Waals surface area contributed by atoms with Crippen molar-refractivity contribution < 1.29 is 0 Å². The Hall–Kier alpha value is -1.39. The zero-order valence-electron chi connectivity index (χ0n) is 11.2. The topological polar surface area (TPSA) is 20.7 Å². The highest BCUT2D eigenvalue weighted by atomic mass is 32.1. The number of aromatic nitrogens is 2. The molecule has 0 saturated heterocycles. The number of imidazole rings is 1. The number of benzene rings is 1. The number of fused-ring (bicyclic) bond motifs is 1. The van der Waals surface area contributed by atoms with Crippen molar-refractivity contribution in [2.75, 3.05) is 0 Å². The van der Waals surface area contributed by atoms with Crippen LogP contribution in [0.1, 0.15) is 28.3 Å². The smallest absolute Gasteiger partial charge is 0.178 e. The molecule has 0 fully saturated rings. The van der Waals surface area contributed by atoms with E-state index in [-0.39, 0.29) is 6.04 Å². The Morgan fingerprint density at radius 1 is 1.21 bits per heavy atom. The van der Waals surface area contributed by atoms with Crippen LogP contribution >= 0.6 is 23.6 Å². The highest BCUT2D eigenvalue weighted by Crippen LogP contribution is 2.29. The Labute approximate surface area is 121 Å². The van der Waals surface area contributed by atoms with Crippen molar-refractivity contribution in [3.8, 4) is 0 Å². The molecule has 1 N–H and O–H groups in total. The maximum Gasteiger partial charge on any atom is 0.178 e. The van der Waals surface area contributed by atoms with E-state index >= 15 is 0 Å². The minimum absolute atomic E-state index is 0.266. The van der Waals surface area contributed by atoms with Gasteiger partial charge in [-0.1, -0.05) is 6.07 Å². The number of thiophene rings is 1. The van der Waals surface area contributed by atoms with Gasteiger partial charge in [0, 0.05) is 9.75 Å². The molecule has 0 amide bonds. The Morgan fingerprint density at radius 3 is 2.68 bits per heavy atom. The Kier molecular flexibility index (Phi) is 3.07. The lowest BCUT2D eigenvalue weighted by molar-refractivity contribution is 0.660. The van der Waals surface area contributed by atoms with Crippen LogP contribution < -0.4 is 0 Å². The summed E-state index contributed by atoms with van der Waals surface area (Å²) in [4.78, 5) is 5.98. The third-order valence-electron chi connectivity index (χ3n) is 3.43. The molecule has 3 rings (SSSR count). The predicted molar refractivity (Wildman–Crippen MR) is 84.7 cm³/mol. The number of hydrogen-bond acceptors (Lipinski definition) is 2. The van der Waals surface area contributed by atoms with Gasteiger partial charge < -0.3 is 9.55 Å². The first-order valence-corrected chi connectivity index (χ1v) is 7.56. The minimum atomic E-state index is 0.266. The Morgan fingerprint density at radius 2 is 2.00 bits per heavy atom. The molecule has 0 saturated carbocycles. The quantitative estimate of drug-likeness (QED) is 0.659. The van der Waals surface area contributed by atoms with Crippen molar-refractivity contribution in [2.24, 2.45) is 0 Å². The van der Waals surface area contributed by atoms with Gasteiger partial charge in [-0.15, -0.1) is 11.3 Å². The second-order valence-corrected chi connectivity index (χ2v) is 6.65. The minimum Gasteiger partial charge on any atom is -0.331 e. The highest BCUT2D eigenvalue weighted by molar-refractivity contribution is 7.71. The summed E-state index contributed by atoms with van der Waals surface area (Å²) in [6.07, 6.45) is 0. The van der Waals surface area contributed by atoms with E-state index in [9.17, 15) is 0 Å². The van der Waals surface area contributed by atoms with Crippen LogP contribution in [0.4, 0.5) is 0 Å². The zero-order valence-corrected chi connectivity index (χ0v) is 12.9. The molecule has 19 heavy (non-hydrogen) atoms. The normalized spacial score (nSPS) is 13.0. The van der Waals surface area contributed by atoms with Crippen molar-refractivity contribution in [3.05, 3.63) is 50.4 Å². The summed E-state index contributed by atoms with van der Waals surface area (Å²) in [7, 11) is 0.